The van der Waals surface area contributed by atoms with Crippen LogP contribution in [-0.4, -0.2) is 50.5 Å². The number of carbonyl (C=O) groups is 3. The van der Waals surface area contributed by atoms with Crippen molar-refractivity contribution in [1.82, 2.24) is 25.4 Å². The summed E-state index contributed by atoms with van der Waals surface area (Å²) in [5.41, 5.74) is 4.35. The molecule has 3 N–H and O–H groups in total. The number of fused-ring (bicyclic) bond motifs is 3. The molecule has 1 unspecified atom stereocenters. The highest BCUT2D eigenvalue weighted by atomic mass is 16.5. The molecule has 0 fully saturated rings. The zero-order valence-electron chi connectivity index (χ0n) is 18.6. The average molecular weight is 463 g/mol. The Morgan fingerprint density at radius 3 is 2.32 bits per heavy atom. The number of nitrogens with zero attached hydrogens (tertiary/aromatic N) is 3. The number of carboxylic acid groups (broad SMARTS) is 1. The van der Waals surface area contributed by atoms with E-state index in [2.05, 4.69) is 20.7 Å². The first-order valence-corrected chi connectivity index (χ1v) is 10.9. The molecule has 2 amide bonds. The first-order valence-electron chi connectivity index (χ1n) is 10.9. The molecule has 0 spiro atoms. The van der Waals surface area contributed by atoms with Crippen LogP contribution in [0.4, 0.5) is 4.79 Å². The number of aromatic nitrogens is 3. The van der Waals surface area contributed by atoms with E-state index in [1.54, 1.807) is 7.05 Å². The second-order valence-electron chi connectivity index (χ2n) is 7.97. The number of aryl methyl sites for hydroxylation is 1. The molecule has 0 bridgehead atoms. The standard InChI is InChI=1S/C24H25N5O5/c1-29-21(26-14-27-29)12-25-23(32)20(10-11-22(30)31)28-24(33)34-13-19-17-8-4-2-6-15(17)16-7-3-5-9-18(16)19/h2-9,14,19-20H,10-13H2,1H3,(H,25,32)(H,28,33)(H,30,31). The topological polar surface area (TPSA) is 135 Å². The molecular formula is C24H25N5O5. The molecule has 1 heterocycles. The van der Waals surface area contributed by atoms with Crippen LogP contribution in [0, 0.1) is 0 Å². The summed E-state index contributed by atoms with van der Waals surface area (Å²) in [6.45, 7) is 0.178. The van der Waals surface area contributed by atoms with Gasteiger partial charge in [-0.05, 0) is 28.7 Å². The summed E-state index contributed by atoms with van der Waals surface area (Å²) in [6.07, 6.45) is 0.208. The van der Waals surface area contributed by atoms with E-state index in [9.17, 15) is 14.4 Å². The quantitative estimate of drug-likeness (QED) is 0.443. The smallest absolute Gasteiger partial charge is 0.407 e. The molecule has 34 heavy (non-hydrogen) atoms. The highest BCUT2D eigenvalue weighted by Gasteiger charge is 2.30. The Hall–Kier alpha value is -4.21. The number of carbonyl (C=O) groups excluding carboxylic acids is 2. The maximum atomic E-state index is 12.7. The molecule has 10 nitrogen and oxygen atoms in total. The van der Waals surface area contributed by atoms with E-state index < -0.39 is 24.0 Å². The van der Waals surface area contributed by atoms with Gasteiger partial charge in [0.1, 0.15) is 24.8 Å². The Bertz CT molecular complexity index is 1160. The van der Waals surface area contributed by atoms with E-state index in [0.717, 1.165) is 22.3 Å². The molecule has 0 aliphatic heterocycles. The Morgan fingerprint density at radius 1 is 1.09 bits per heavy atom. The number of rotatable bonds is 9. The van der Waals surface area contributed by atoms with Crippen molar-refractivity contribution in [3.05, 3.63) is 71.8 Å². The van der Waals surface area contributed by atoms with Gasteiger partial charge in [-0.25, -0.2) is 9.78 Å². The lowest BCUT2D eigenvalue weighted by atomic mass is 9.98. The number of benzene rings is 2. The van der Waals surface area contributed by atoms with Crippen molar-refractivity contribution in [2.75, 3.05) is 6.61 Å². The summed E-state index contributed by atoms with van der Waals surface area (Å²) < 4.78 is 7.00. The Kier molecular flexibility index (Phi) is 6.86. The molecule has 0 saturated carbocycles. The van der Waals surface area contributed by atoms with E-state index >= 15 is 0 Å². The van der Waals surface area contributed by atoms with Gasteiger partial charge in [-0.1, -0.05) is 48.5 Å². The van der Waals surface area contributed by atoms with Gasteiger partial charge in [-0.3, -0.25) is 14.3 Å². The molecular weight excluding hydrogens is 438 g/mol. The van der Waals surface area contributed by atoms with Crippen molar-refractivity contribution in [2.45, 2.75) is 31.3 Å². The summed E-state index contributed by atoms with van der Waals surface area (Å²) in [4.78, 5) is 40.3. The van der Waals surface area contributed by atoms with Crippen LogP contribution in [0.5, 0.6) is 0 Å². The van der Waals surface area contributed by atoms with E-state index in [-0.39, 0.29) is 31.9 Å². The molecule has 176 valence electrons. The van der Waals surface area contributed by atoms with Gasteiger partial charge in [0.05, 0.1) is 6.54 Å². The lowest BCUT2D eigenvalue weighted by molar-refractivity contribution is -0.137. The molecule has 1 aliphatic rings. The number of nitrogens with one attached hydrogen (secondary N) is 2. The first-order chi connectivity index (χ1) is 16.4. The molecule has 0 radical (unpaired) electrons. The van der Waals surface area contributed by atoms with Gasteiger partial charge in [0.15, 0.2) is 0 Å². The van der Waals surface area contributed by atoms with Gasteiger partial charge in [-0.15, -0.1) is 0 Å². The number of carboxylic acids is 1. The third-order valence-corrected chi connectivity index (χ3v) is 5.83. The SMILES string of the molecule is Cn1ncnc1CNC(=O)C(CCC(=O)O)NC(=O)OCC1c2ccccc2-c2ccccc21. The van der Waals surface area contributed by atoms with Crippen molar-refractivity contribution < 1.29 is 24.2 Å². The van der Waals surface area contributed by atoms with Gasteiger partial charge in [0.2, 0.25) is 5.91 Å². The van der Waals surface area contributed by atoms with Crippen LogP contribution >= 0.6 is 0 Å². The van der Waals surface area contributed by atoms with Crippen molar-refractivity contribution in [2.24, 2.45) is 7.05 Å². The maximum Gasteiger partial charge on any atom is 0.407 e. The van der Waals surface area contributed by atoms with E-state index in [1.807, 2.05) is 48.5 Å². The molecule has 1 aromatic heterocycles. The number of alkyl carbamates (subject to hydrolysis) is 1. The number of hydrogen-bond donors (Lipinski definition) is 3. The van der Waals surface area contributed by atoms with E-state index in [1.165, 1.54) is 11.0 Å². The molecule has 4 rings (SSSR count). The second kappa shape index (κ2) is 10.2. The van der Waals surface area contributed by atoms with Gasteiger partial charge < -0.3 is 20.5 Å². The molecule has 1 atom stereocenters. The maximum absolute atomic E-state index is 12.7. The third kappa shape index (κ3) is 5.06. The Labute approximate surface area is 196 Å². The third-order valence-electron chi connectivity index (χ3n) is 5.83. The van der Waals surface area contributed by atoms with Crippen molar-refractivity contribution in [1.29, 1.82) is 0 Å². The van der Waals surface area contributed by atoms with Gasteiger partial charge in [-0.2, -0.15) is 5.10 Å². The minimum atomic E-state index is -1.07. The summed E-state index contributed by atoms with van der Waals surface area (Å²) in [5.74, 6) is -1.20. The van der Waals surface area contributed by atoms with Crippen LogP contribution in [0.3, 0.4) is 0 Å². The number of ether oxygens (including phenoxy) is 1. The van der Waals surface area contributed by atoms with Gasteiger partial charge in [0, 0.05) is 19.4 Å². The highest BCUT2D eigenvalue weighted by Crippen LogP contribution is 2.44. The van der Waals surface area contributed by atoms with Crippen LogP contribution in [0.2, 0.25) is 0 Å². The fraction of sp³-hybridized carbons (Fsp3) is 0.292. The van der Waals surface area contributed by atoms with Crippen LogP contribution < -0.4 is 10.6 Å². The molecule has 10 heteroatoms. The minimum Gasteiger partial charge on any atom is -0.481 e. The van der Waals surface area contributed by atoms with E-state index in [4.69, 9.17) is 9.84 Å². The lowest BCUT2D eigenvalue weighted by Crippen LogP contribution is -2.47. The summed E-state index contributed by atoms with van der Waals surface area (Å²) in [6, 6.07) is 14.9. The Morgan fingerprint density at radius 2 is 1.74 bits per heavy atom. The predicted octanol–water partition coefficient (Wildman–Crippen LogP) is 2.20. The fourth-order valence-electron chi connectivity index (χ4n) is 4.09. The van der Waals surface area contributed by atoms with Crippen molar-refractivity contribution in [3.63, 3.8) is 0 Å². The first kappa shape index (κ1) is 23.0. The second-order valence-corrected chi connectivity index (χ2v) is 7.97. The normalized spacial score (nSPS) is 13.0. The number of amides is 2. The van der Waals surface area contributed by atoms with Gasteiger partial charge in [0.25, 0.3) is 0 Å². The zero-order valence-corrected chi connectivity index (χ0v) is 18.6. The van der Waals surface area contributed by atoms with Gasteiger partial charge >= 0.3 is 12.1 Å². The highest BCUT2D eigenvalue weighted by molar-refractivity contribution is 5.86. The molecule has 3 aromatic rings. The average Bonchev–Trinajstić information content (AvgIpc) is 3.39. The number of aliphatic carboxylic acids is 1. The zero-order chi connectivity index (χ0) is 24.1. The van der Waals surface area contributed by atoms with Crippen LogP contribution in [0.25, 0.3) is 11.1 Å². The summed E-state index contributed by atoms with van der Waals surface area (Å²) in [7, 11) is 1.69. The van der Waals surface area contributed by atoms with Crippen LogP contribution in [-0.2, 0) is 27.9 Å². The van der Waals surface area contributed by atoms with Crippen LogP contribution in [0.15, 0.2) is 54.9 Å². The minimum absolute atomic E-state index is 0.0792. The van der Waals surface area contributed by atoms with E-state index in [0.29, 0.717) is 5.82 Å². The predicted molar refractivity (Wildman–Crippen MR) is 122 cm³/mol. The molecule has 0 saturated heterocycles. The summed E-state index contributed by atoms with van der Waals surface area (Å²) in [5, 5.41) is 18.1. The van der Waals surface area contributed by atoms with Crippen molar-refractivity contribution in [3.8, 4) is 11.1 Å². The monoisotopic (exact) mass is 463 g/mol. The summed E-state index contributed by atoms with van der Waals surface area (Å²) >= 11 is 0. The lowest BCUT2D eigenvalue weighted by Gasteiger charge is -2.19. The molecule has 1 aliphatic carbocycles. The van der Waals surface area contributed by atoms with Crippen molar-refractivity contribution >= 4 is 18.0 Å². The van der Waals surface area contributed by atoms with Crippen LogP contribution in [0.1, 0.15) is 35.7 Å². The number of hydrogen-bond acceptors (Lipinski definition) is 6. The fourth-order valence-corrected chi connectivity index (χ4v) is 4.09. The Balaban J connectivity index is 1.39. The molecule has 2 aromatic carbocycles. The largest absolute Gasteiger partial charge is 0.481 e.